The van der Waals surface area contributed by atoms with Gasteiger partial charge < -0.3 is 14.8 Å². The molecule has 116 valence electrons. The smallest absolute Gasteiger partial charge is 0.270 e. The van der Waals surface area contributed by atoms with Crippen LogP contribution in [0.5, 0.6) is 0 Å². The Balaban J connectivity index is 1.72. The molecule has 0 aromatic carbocycles. The monoisotopic (exact) mass is 309 g/mol. The van der Waals surface area contributed by atoms with Gasteiger partial charge in [-0.15, -0.1) is 0 Å². The Morgan fingerprint density at radius 3 is 2.71 bits per heavy atom. The molecular weight excluding hydrogens is 286 g/mol. The molecular formula is C16H24ClN3O. The van der Waals surface area contributed by atoms with Crippen LogP contribution in [-0.4, -0.2) is 41.6 Å². The van der Waals surface area contributed by atoms with E-state index in [0.717, 1.165) is 57.6 Å². The van der Waals surface area contributed by atoms with E-state index in [4.69, 9.17) is 11.6 Å². The summed E-state index contributed by atoms with van der Waals surface area (Å²) in [5.41, 5.74) is 0.762. The van der Waals surface area contributed by atoms with Gasteiger partial charge in [0.1, 0.15) is 5.69 Å². The van der Waals surface area contributed by atoms with Gasteiger partial charge in [0.15, 0.2) is 0 Å². The molecule has 1 aromatic rings. The van der Waals surface area contributed by atoms with Crippen molar-refractivity contribution in [2.45, 2.75) is 38.6 Å². The number of rotatable bonds is 5. The van der Waals surface area contributed by atoms with E-state index in [1.165, 1.54) is 0 Å². The molecule has 1 saturated carbocycles. The minimum Gasteiger partial charge on any atom is -0.339 e. The first-order valence-electron chi connectivity index (χ1n) is 8.06. The highest BCUT2D eigenvalue weighted by atomic mass is 35.5. The van der Waals surface area contributed by atoms with Gasteiger partial charge in [-0.25, -0.2) is 0 Å². The van der Waals surface area contributed by atoms with Crippen LogP contribution in [0.15, 0.2) is 12.3 Å². The minimum absolute atomic E-state index is 0.134. The lowest BCUT2D eigenvalue weighted by Gasteiger charge is -2.29. The van der Waals surface area contributed by atoms with E-state index in [2.05, 4.69) is 16.8 Å². The number of carbonyl (C=O) groups is 1. The van der Waals surface area contributed by atoms with Crippen molar-refractivity contribution in [2.24, 2.45) is 5.92 Å². The quantitative estimate of drug-likeness (QED) is 0.908. The van der Waals surface area contributed by atoms with Gasteiger partial charge in [0.05, 0.1) is 5.02 Å². The summed E-state index contributed by atoms with van der Waals surface area (Å²) in [5, 5.41) is 4.05. The molecule has 0 bridgehead atoms. The van der Waals surface area contributed by atoms with Crippen molar-refractivity contribution in [2.75, 3.05) is 26.2 Å². The van der Waals surface area contributed by atoms with E-state index >= 15 is 0 Å². The molecule has 1 aliphatic carbocycles. The Hall–Kier alpha value is -1.00. The Labute approximate surface area is 131 Å². The van der Waals surface area contributed by atoms with Crippen molar-refractivity contribution < 1.29 is 4.79 Å². The van der Waals surface area contributed by atoms with E-state index in [0.29, 0.717) is 17.0 Å². The molecule has 1 aliphatic heterocycles. The van der Waals surface area contributed by atoms with Crippen LogP contribution in [0, 0.1) is 5.92 Å². The third-order valence-electron chi connectivity index (χ3n) is 4.58. The summed E-state index contributed by atoms with van der Waals surface area (Å²) in [4.78, 5) is 14.8. The summed E-state index contributed by atoms with van der Waals surface area (Å²) in [6, 6.07) is 2.31. The number of nitrogens with zero attached hydrogens (tertiary/aromatic N) is 2. The fourth-order valence-corrected chi connectivity index (χ4v) is 3.37. The molecule has 2 fully saturated rings. The predicted octanol–water partition coefficient (Wildman–Crippen LogP) is 2.94. The van der Waals surface area contributed by atoms with Crippen molar-refractivity contribution in [3.63, 3.8) is 0 Å². The van der Waals surface area contributed by atoms with Crippen molar-refractivity contribution in [3.8, 4) is 0 Å². The first-order valence-corrected chi connectivity index (χ1v) is 8.44. The van der Waals surface area contributed by atoms with Gasteiger partial charge in [-0.2, -0.15) is 0 Å². The molecule has 1 saturated heterocycles. The fraction of sp³-hybridized carbons (Fsp3) is 0.688. The lowest BCUT2D eigenvalue weighted by molar-refractivity contribution is 0.0715. The van der Waals surface area contributed by atoms with Crippen molar-refractivity contribution in [1.82, 2.24) is 14.8 Å². The van der Waals surface area contributed by atoms with Gasteiger partial charge in [-0.1, -0.05) is 11.6 Å². The zero-order valence-corrected chi connectivity index (χ0v) is 13.4. The normalized spacial score (nSPS) is 19.7. The van der Waals surface area contributed by atoms with Crippen molar-refractivity contribution in [3.05, 3.63) is 23.0 Å². The van der Waals surface area contributed by atoms with Gasteiger partial charge in [0.2, 0.25) is 0 Å². The number of piperidine rings is 1. The number of hydrogen-bond donors (Lipinski definition) is 1. The highest BCUT2D eigenvalue weighted by Crippen LogP contribution is 2.37. The van der Waals surface area contributed by atoms with E-state index in [1.54, 1.807) is 0 Å². The lowest BCUT2D eigenvalue weighted by atomic mass is 9.97. The van der Waals surface area contributed by atoms with Crippen LogP contribution in [0.1, 0.15) is 49.1 Å². The average Bonchev–Trinajstić information content (AvgIpc) is 3.27. The molecule has 1 aromatic heterocycles. The summed E-state index contributed by atoms with van der Waals surface area (Å²) in [7, 11) is 0. The summed E-state index contributed by atoms with van der Waals surface area (Å²) in [6.45, 7) is 5.83. The number of nitrogens with one attached hydrogen (secondary N) is 1. The van der Waals surface area contributed by atoms with Gasteiger partial charge in [-0.3, -0.25) is 4.79 Å². The number of halogens is 1. The SMILES string of the molecule is CCN(CC1CCNCC1)C(=O)c1cc(Cl)cn1C1CC1. The van der Waals surface area contributed by atoms with Crippen LogP contribution < -0.4 is 5.32 Å². The zero-order valence-electron chi connectivity index (χ0n) is 12.6. The first-order chi connectivity index (χ1) is 10.2. The topological polar surface area (TPSA) is 37.3 Å². The second kappa shape index (κ2) is 6.41. The largest absolute Gasteiger partial charge is 0.339 e. The first kappa shape index (κ1) is 14.9. The predicted molar refractivity (Wildman–Crippen MR) is 84.9 cm³/mol. The summed E-state index contributed by atoms with van der Waals surface area (Å²) < 4.78 is 2.08. The van der Waals surface area contributed by atoms with Crippen molar-refractivity contribution in [1.29, 1.82) is 0 Å². The molecule has 1 N–H and O–H groups in total. The highest BCUT2D eigenvalue weighted by molar-refractivity contribution is 6.31. The Morgan fingerprint density at radius 1 is 1.38 bits per heavy atom. The molecule has 0 spiro atoms. The van der Waals surface area contributed by atoms with E-state index < -0.39 is 0 Å². The Kier molecular flexibility index (Phi) is 4.55. The second-order valence-electron chi connectivity index (χ2n) is 6.22. The number of hydrogen-bond acceptors (Lipinski definition) is 2. The third-order valence-corrected chi connectivity index (χ3v) is 4.79. The highest BCUT2D eigenvalue weighted by Gasteiger charge is 2.30. The summed E-state index contributed by atoms with van der Waals surface area (Å²) in [5.74, 6) is 0.754. The second-order valence-corrected chi connectivity index (χ2v) is 6.66. The van der Waals surface area contributed by atoms with Gasteiger partial charge in [0.25, 0.3) is 5.91 Å². The molecule has 0 unspecified atom stereocenters. The van der Waals surface area contributed by atoms with Crippen LogP contribution in [0.25, 0.3) is 0 Å². The maximum Gasteiger partial charge on any atom is 0.270 e. The minimum atomic E-state index is 0.134. The van der Waals surface area contributed by atoms with Crippen molar-refractivity contribution >= 4 is 17.5 Å². The molecule has 2 heterocycles. The zero-order chi connectivity index (χ0) is 14.8. The van der Waals surface area contributed by atoms with Crippen LogP contribution in [0.2, 0.25) is 5.02 Å². The van der Waals surface area contributed by atoms with E-state index in [9.17, 15) is 4.79 Å². The standard InChI is InChI=1S/C16H24ClN3O/c1-2-19(10-12-5-7-18-8-6-12)16(21)15-9-13(17)11-20(15)14-3-4-14/h9,11-12,14,18H,2-8,10H2,1H3. The van der Waals surface area contributed by atoms with E-state index in [-0.39, 0.29) is 5.91 Å². The molecule has 1 amide bonds. The number of aromatic nitrogens is 1. The fourth-order valence-electron chi connectivity index (χ4n) is 3.17. The molecule has 3 rings (SSSR count). The molecule has 4 nitrogen and oxygen atoms in total. The van der Waals surface area contributed by atoms with Crippen LogP contribution in [0.4, 0.5) is 0 Å². The molecule has 2 aliphatic rings. The Bertz CT molecular complexity index is 504. The lowest BCUT2D eigenvalue weighted by Crippen LogP contribution is -2.39. The number of carbonyl (C=O) groups excluding carboxylic acids is 1. The van der Waals surface area contributed by atoms with Crippen LogP contribution >= 0.6 is 11.6 Å². The van der Waals surface area contributed by atoms with Gasteiger partial charge in [0, 0.05) is 25.3 Å². The average molecular weight is 310 g/mol. The third kappa shape index (κ3) is 3.43. The number of amides is 1. The maximum atomic E-state index is 12.8. The van der Waals surface area contributed by atoms with E-state index in [1.807, 2.05) is 17.2 Å². The molecule has 21 heavy (non-hydrogen) atoms. The summed E-state index contributed by atoms with van der Waals surface area (Å²) >= 11 is 6.12. The Morgan fingerprint density at radius 2 is 2.10 bits per heavy atom. The molecule has 0 atom stereocenters. The van der Waals surface area contributed by atoms with Crippen LogP contribution in [-0.2, 0) is 0 Å². The molecule has 0 radical (unpaired) electrons. The van der Waals surface area contributed by atoms with Gasteiger partial charge in [-0.05, 0) is 57.7 Å². The van der Waals surface area contributed by atoms with Crippen LogP contribution in [0.3, 0.4) is 0 Å². The molecule has 5 heteroatoms. The summed E-state index contributed by atoms with van der Waals surface area (Å²) in [6.07, 6.45) is 6.55. The van der Waals surface area contributed by atoms with Gasteiger partial charge >= 0.3 is 0 Å². The maximum absolute atomic E-state index is 12.8.